The van der Waals surface area contributed by atoms with Crippen LogP contribution < -0.4 is 0 Å². The molecule has 3 N–H and O–H groups in total. The van der Waals surface area contributed by atoms with E-state index in [0.717, 1.165) is 44.9 Å². The molecule has 0 spiro atoms. The first kappa shape index (κ1) is 21.3. The molecule has 4 rings (SSSR count). The number of carbonyl (C=O) groups is 1. The third-order valence-corrected chi connectivity index (χ3v) is 8.93. The van der Waals surface area contributed by atoms with Crippen molar-refractivity contribution in [2.75, 3.05) is 6.61 Å². The van der Waals surface area contributed by atoms with Crippen LogP contribution in [0.15, 0.2) is 12.2 Å². The smallest absolute Gasteiger partial charge is 0.324 e. The average molecular weight is 406 g/mol. The van der Waals surface area contributed by atoms with Crippen LogP contribution in [0.25, 0.3) is 0 Å². The topological polar surface area (TPSA) is 81.0 Å². The maximum absolute atomic E-state index is 13.0. The van der Waals surface area contributed by atoms with Gasteiger partial charge >= 0.3 is 5.97 Å². The normalized spacial score (nSPS) is 45.6. The van der Waals surface area contributed by atoms with Crippen molar-refractivity contribution < 1.29 is 20.1 Å². The summed E-state index contributed by atoms with van der Waals surface area (Å²) < 4.78 is 0. The number of aliphatic carboxylic acids is 1. The van der Waals surface area contributed by atoms with Crippen molar-refractivity contribution in [3.63, 3.8) is 0 Å². The van der Waals surface area contributed by atoms with Crippen molar-refractivity contribution in [1.82, 2.24) is 4.90 Å². The van der Waals surface area contributed by atoms with Gasteiger partial charge in [-0.3, -0.25) is 9.69 Å². The highest BCUT2D eigenvalue weighted by Crippen LogP contribution is 2.56. The fraction of sp³-hybridized carbons (Fsp3) is 0.875. The molecule has 164 valence electrons. The van der Waals surface area contributed by atoms with Gasteiger partial charge in [-0.1, -0.05) is 38.8 Å². The second-order valence-corrected chi connectivity index (χ2v) is 10.5. The Kier molecular flexibility index (Phi) is 6.12. The molecule has 0 bridgehead atoms. The lowest BCUT2D eigenvalue weighted by molar-refractivity contribution is -0.167. The summed E-state index contributed by atoms with van der Waals surface area (Å²) in [6.45, 7) is 4.55. The molecule has 2 heterocycles. The maximum Gasteiger partial charge on any atom is 0.324 e. The summed E-state index contributed by atoms with van der Waals surface area (Å²) in [4.78, 5) is 15.4. The number of rotatable bonds is 5. The van der Waals surface area contributed by atoms with Gasteiger partial charge in [-0.25, -0.2) is 0 Å². The number of carboxylic acid groups (broad SMARTS) is 1. The first-order valence-corrected chi connectivity index (χ1v) is 11.9. The van der Waals surface area contributed by atoms with Gasteiger partial charge < -0.3 is 15.3 Å². The van der Waals surface area contributed by atoms with Crippen LogP contribution >= 0.6 is 0 Å². The molecule has 4 fully saturated rings. The first-order chi connectivity index (χ1) is 13.9. The highest BCUT2D eigenvalue weighted by Gasteiger charge is 2.63. The number of hydrogen-bond donors (Lipinski definition) is 3. The summed E-state index contributed by atoms with van der Waals surface area (Å²) in [5.74, 6) is 1.17. The number of aliphatic hydroxyl groups is 2. The number of aliphatic hydroxyl groups excluding tert-OH is 2. The summed E-state index contributed by atoms with van der Waals surface area (Å²) in [6, 6.07) is 0.478. The molecule has 2 aliphatic heterocycles. The summed E-state index contributed by atoms with van der Waals surface area (Å²) in [5.41, 5.74) is -0.759. The molecule has 5 heteroatoms. The second kappa shape index (κ2) is 8.32. The van der Waals surface area contributed by atoms with Crippen LogP contribution in [-0.4, -0.2) is 56.5 Å². The minimum atomic E-state index is -0.759. The predicted octanol–water partition coefficient (Wildman–Crippen LogP) is 3.44. The van der Waals surface area contributed by atoms with Gasteiger partial charge in [-0.05, 0) is 68.6 Å². The van der Waals surface area contributed by atoms with Gasteiger partial charge in [0.15, 0.2) is 0 Å². The van der Waals surface area contributed by atoms with Crippen LogP contribution in [0.4, 0.5) is 0 Å². The number of fused-ring (bicyclic) bond motifs is 3. The number of piperidine rings is 1. The third kappa shape index (κ3) is 3.47. The molecule has 5 nitrogen and oxygen atoms in total. The summed E-state index contributed by atoms with van der Waals surface area (Å²) in [7, 11) is 0. The molecule has 0 amide bonds. The van der Waals surface area contributed by atoms with Gasteiger partial charge in [0.05, 0.1) is 12.7 Å². The fourth-order valence-electron chi connectivity index (χ4n) is 7.63. The zero-order chi connectivity index (χ0) is 20.8. The minimum absolute atomic E-state index is 0.00845. The average Bonchev–Trinajstić information content (AvgIpc) is 3.20. The molecule has 4 unspecified atom stereocenters. The lowest BCUT2D eigenvalue weighted by Gasteiger charge is -2.54. The van der Waals surface area contributed by atoms with Gasteiger partial charge in [0.25, 0.3) is 0 Å². The van der Waals surface area contributed by atoms with Crippen LogP contribution in [0.2, 0.25) is 0 Å². The van der Waals surface area contributed by atoms with Crippen molar-refractivity contribution >= 4 is 5.97 Å². The molecule has 0 radical (unpaired) electrons. The van der Waals surface area contributed by atoms with E-state index in [9.17, 15) is 20.1 Å². The van der Waals surface area contributed by atoms with E-state index in [1.807, 2.05) is 6.08 Å². The molecule has 0 aromatic heterocycles. The van der Waals surface area contributed by atoms with E-state index in [-0.39, 0.29) is 24.5 Å². The fourth-order valence-corrected chi connectivity index (χ4v) is 7.63. The third-order valence-electron chi connectivity index (χ3n) is 8.93. The Morgan fingerprint density at radius 1 is 1.17 bits per heavy atom. The number of nitrogens with zero attached hydrogens (tertiary/aromatic N) is 1. The van der Waals surface area contributed by atoms with Gasteiger partial charge in [0.2, 0.25) is 0 Å². The molecule has 0 aromatic carbocycles. The molecular weight excluding hydrogens is 366 g/mol. The Bertz CT molecular complexity index is 634. The number of carboxylic acids is 1. The maximum atomic E-state index is 13.0. The van der Waals surface area contributed by atoms with Gasteiger partial charge in [-0.15, -0.1) is 0 Å². The van der Waals surface area contributed by atoms with Crippen molar-refractivity contribution in [1.29, 1.82) is 0 Å². The quantitative estimate of drug-likeness (QED) is 0.611. The molecular formula is C24H39NO4. The van der Waals surface area contributed by atoms with E-state index >= 15 is 0 Å². The van der Waals surface area contributed by atoms with Crippen LogP contribution in [0.3, 0.4) is 0 Å². The van der Waals surface area contributed by atoms with Crippen LogP contribution in [0, 0.1) is 29.6 Å². The van der Waals surface area contributed by atoms with Gasteiger partial charge in [0.1, 0.15) is 5.54 Å². The van der Waals surface area contributed by atoms with Crippen molar-refractivity contribution in [3.05, 3.63) is 12.2 Å². The van der Waals surface area contributed by atoms with Gasteiger partial charge in [0, 0.05) is 18.0 Å². The highest BCUT2D eigenvalue weighted by molar-refractivity contribution is 5.80. The zero-order valence-corrected chi connectivity index (χ0v) is 18.0. The molecule has 2 saturated heterocycles. The van der Waals surface area contributed by atoms with Crippen LogP contribution in [-0.2, 0) is 4.79 Å². The lowest BCUT2D eigenvalue weighted by atomic mass is 9.64. The predicted molar refractivity (Wildman–Crippen MR) is 112 cm³/mol. The van der Waals surface area contributed by atoms with E-state index in [0.29, 0.717) is 30.2 Å². The molecule has 29 heavy (non-hydrogen) atoms. The van der Waals surface area contributed by atoms with E-state index in [2.05, 4.69) is 18.7 Å². The first-order valence-electron chi connectivity index (χ1n) is 11.9. The SMILES string of the molecule is CC(C)C1CCCC(C2(C(=O)O)CCCC3C[C@@H]4[C@@H](C=CCO)[C@H](O)C[C@H]4N32)C1. The number of hydrogen-bond acceptors (Lipinski definition) is 4. The molecule has 8 atom stereocenters. The molecule has 2 aliphatic carbocycles. The van der Waals surface area contributed by atoms with E-state index in [4.69, 9.17) is 0 Å². The van der Waals surface area contributed by atoms with Gasteiger partial charge in [-0.2, -0.15) is 0 Å². The standard InChI is InChI=1S/C24H39NO4/c1-15(2)16-6-3-7-17(12-16)24(23(28)29)10-4-8-18-13-20-19(9-5-11-26)22(27)14-21(20)25(18)24/h5,9,15-22,26-27H,3-4,6-8,10-14H2,1-2H3,(H,28,29)/t16?,17?,18?,19-,20-,21-,22-,24?/m1/s1. The molecule has 2 saturated carbocycles. The zero-order valence-electron chi connectivity index (χ0n) is 18.0. The Morgan fingerprint density at radius 3 is 2.66 bits per heavy atom. The van der Waals surface area contributed by atoms with Crippen molar-refractivity contribution in [3.8, 4) is 0 Å². The second-order valence-electron chi connectivity index (χ2n) is 10.5. The van der Waals surface area contributed by atoms with Crippen molar-refractivity contribution in [2.45, 2.75) is 95.4 Å². The van der Waals surface area contributed by atoms with Crippen LogP contribution in [0.5, 0.6) is 0 Å². The monoisotopic (exact) mass is 405 g/mol. The van der Waals surface area contributed by atoms with E-state index in [1.165, 1.54) is 6.42 Å². The Labute approximate surface area is 175 Å². The lowest BCUT2D eigenvalue weighted by Crippen LogP contribution is -2.66. The highest BCUT2D eigenvalue weighted by atomic mass is 16.4. The van der Waals surface area contributed by atoms with Crippen LogP contribution in [0.1, 0.15) is 71.6 Å². The Hall–Kier alpha value is -0.910. The van der Waals surface area contributed by atoms with E-state index in [1.54, 1.807) is 6.08 Å². The Balaban J connectivity index is 1.67. The summed E-state index contributed by atoms with van der Waals surface area (Å²) >= 11 is 0. The van der Waals surface area contributed by atoms with E-state index < -0.39 is 17.6 Å². The Morgan fingerprint density at radius 2 is 1.97 bits per heavy atom. The molecule has 0 aromatic rings. The minimum Gasteiger partial charge on any atom is -0.480 e. The summed E-state index contributed by atoms with van der Waals surface area (Å²) in [6.07, 6.45) is 12.2. The molecule has 4 aliphatic rings. The van der Waals surface area contributed by atoms with Crippen molar-refractivity contribution in [2.24, 2.45) is 29.6 Å². The summed E-state index contributed by atoms with van der Waals surface area (Å²) in [5, 5.41) is 30.6. The largest absolute Gasteiger partial charge is 0.480 e.